The van der Waals surface area contributed by atoms with Crippen LogP contribution in [0.4, 0.5) is 0 Å². The lowest BCUT2D eigenvalue weighted by Gasteiger charge is -2.36. The van der Waals surface area contributed by atoms with Gasteiger partial charge in [0.1, 0.15) is 0 Å². The van der Waals surface area contributed by atoms with Crippen LogP contribution in [0.1, 0.15) is 58.8 Å². The van der Waals surface area contributed by atoms with Crippen LogP contribution in [0.5, 0.6) is 0 Å². The zero-order valence-corrected chi connectivity index (χ0v) is 14.6. The summed E-state index contributed by atoms with van der Waals surface area (Å²) in [5.74, 6) is 2.12. The summed E-state index contributed by atoms with van der Waals surface area (Å²) in [7, 11) is 0. The Bertz CT molecular complexity index is 376. The minimum absolute atomic E-state index is 0.379. The number of rotatable bonds is 3. The van der Waals surface area contributed by atoms with E-state index >= 15 is 0 Å². The van der Waals surface area contributed by atoms with Crippen molar-refractivity contribution < 1.29 is 0 Å². The molecule has 3 nitrogen and oxygen atoms in total. The maximum atomic E-state index is 5.05. The number of likely N-dealkylation sites (tertiary alicyclic amines) is 1. The van der Waals surface area contributed by atoms with Gasteiger partial charge in [-0.05, 0) is 44.6 Å². The lowest BCUT2D eigenvalue weighted by Crippen LogP contribution is -2.47. The van der Waals surface area contributed by atoms with Gasteiger partial charge in [-0.25, -0.2) is 0 Å². The standard InChI is InChI=1S/C17H31N3S/c1-3-9-20-10-6-15(7-11-20)18-16-19-17(13-21-16)8-4-5-14(2)12-17/h14-15H,3-13H2,1-2H3,(H,18,19). The van der Waals surface area contributed by atoms with E-state index in [-0.39, 0.29) is 0 Å². The zero-order valence-electron chi connectivity index (χ0n) is 13.7. The van der Waals surface area contributed by atoms with Gasteiger partial charge in [0.25, 0.3) is 0 Å². The molecule has 2 saturated heterocycles. The maximum Gasteiger partial charge on any atom is 0.157 e. The Kier molecular flexibility index (Phi) is 5.15. The summed E-state index contributed by atoms with van der Waals surface area (Å²) >= 11 is 1.98. The molecule has 0 aromatic rings. The van der Waals surface area contributed by atoms with Crippen molar-refractivity contribution in [1.29, 1.82) is 0 Å². The molecule has 2 aliphatic heterocycles. The van der Waals surface area contributed by atoms with E-state index in [1.54, 1.807) is 0 Å². The van der Waals surface area contributed by atoms with Gasteiger partial charge in [0.2, 0.25) is 0 Å². The molecule has 0 amide bonds. The summed E-state index contributed by atoms with van der Waals surface area (Å²) in [6.45, 7) is 8.42. The fourth-order valence-corrected chi connectivity index (χ4v) is 5.49. The molecule has 21 heavy (non-hydrogen) atoms. The average molecular weight is 310 g/mol. The van der Waals surface area contributed by atoms with E-state index < -0.39 is 0 Å². The molecule has 3 rings (SSSR count). The number of amidine groups is 1. The summed E-state index contributed by atoms with van der Waals surface area (Å²) < 4.78 is 0. The first-order valence-corrected chi connectivity index (χ1v) is 9.89. The number of thioether (sulfide) groups is 1. The van der Waals surface area contributed by atoms with Crippen molar-refractivity contribution in [2.75, 3.05) is 25.4 Å². The van der Waals surface area contributed by atoms with Crippen molar-refractivity contribution in [3.63, 3.8) is 0 Å². The van der Waals surface area contributed by atoms with Crippen molar-refractivity contribution >= 4 is 16.9 Å². The predicted octanol–water partition coefficient (Wildman–Crippen LogP) is 3.50. The smallest absolute Gasteiger partial charge is 0.157 e. The van der Waals surface area contributed by atoms with E-state index in [1.165, 1.54) is 75.5 Å². The summed E-state index contributed by atoms with van der Waals surface area (Å²) in [5, 5.41) is 5.07. The molecule has 2 unspecified atom stereocenters. The molecule has 0 radical (unpaired) electrons. The highest BCUT2D eigenvalue weighted by atomic mass is 32.2. The van der Waals surface area contributed by atoms with Gasteiger partial charge in [0, 0.05) is 24.4 Å². The maximum absolute atomic E-state index is 5.05. The zero-order chi connectivity index (χ0) is 14.7. The number of aliphatic imine (C=N–C) groups is 1. The Morgan fingerprint density at radius 2 is 2.14 bits per heavy atom. The van der Waals surface area contributed by atoms with E-state index in [4.69, 9.17) is 4.99 Å². The second kappa shape index (κ2) is 6.91. The number of hydrogen-bond acceptors (Lipinski definition) is 3. The SMILES string of the molecule is CCCN1CCC(N=C2NC3(CCCC(C)C3)CS2)CC1. The van der Waals surface area contributed by atoms with Crippen molar-refractivity contribution in [2.45, 2.75) is 70.4 Å². The highest BCUT2D eigenvalue weighted by Gasteiger charge is 2.40. The molecule has 1 aliphatic carbocycles. The van der Waals surface area contributed by atoms with Gasteiger partial charge < -0.3 is 10.2 Å². The number of nitrogens with one attached hydrogen (secondary N) is 1. The molecule has 1 N–H and O–H groups in total. The fraction of sp³-hybridized carbons (Fsp3) is 0.941. The lowest BCUT2D eigenvalue weighted by atomic mass is 9.78. The number of hydrogen-bond donors (Lipinski definition) is 1. The molecule has 3 fully saturated rings. The molecule has 1 spiro atoms. The molecule has 120 valence electrons. The van der Waals surface area contributed by atoms with E-state index in [2.05, 4.69) is 24.1 Å². The van der Waals surface area contributed by atoms with Gasteiger partial charge in [-0.2, -0.15) is 0 Å². The first kappa shape index (κ1) is 15.7. The minimum Gasteiger partial charge on any atom is -0.359 e. The first-order valence-electron chi connectivity index (χ1n) is 8.90. The van der Waals surface area contributed by atoms with Gasteiger partial charge >= 0.3 is 0 Å². The van der Waals surface area contributed by atoms with E-state index in [1.807, 2.05) is 11.8 Å². The molecule has 2 heterocycles. The van der Waals surface area contributed by atoms with Gasteiger partial charge in [-0.1, -0.05) is 38.5 Å². The third-order valence-electron chi connectivity index (χ3n) is 5.35. The predicted molar refractivity (Wildman–Crippen MR) is 93.1 cm³/mol. The Hall–Kier alpha value is -0.220. The van der Waals surface area contributed by atoms with Crippen LogP contribution in [-0.4, -0.2) is 47.0 Å². The fourth-order valence-electron chi connectivity index (χ4n) is 4.23. The van der Waals surface area contributed by atoms with Crippen molar-refractivity contribution in [3.8, 4) is 0 Å². The van der Waals surface area contributed by atoms with E-state index in [0.29, 0.717) is 11.6 Å². The lowest BCUT2D eigenvalue weighted by molar-refractivity contribution is 0.213. The summed E-state index contributed by atoms with van der Waals surface area (Å²) in [6.07, 6.45) is 9.25. The molecule has 4 heteroatoms. The second-order valence-electron chi connectivity index (χ2n) is 7.40. The number of piperidine rings is 1. The van der Waals surface area contributed by atoms with Crippen LogP contribution in [0.3, 0.4) is 0 Å². The highest BCUT2D eigenvalue weighted by Crippen LogP contribution is 2.39. The third kappa shape index (κ3) is 3.95. The van der Waals surface area contributed by atoms with Crippen LogP contribution < -0.4 is 5.32 Å². The Morgan fingerprint density at radius 3 is 2.86 bits per heavy atom. The van der Waals surface area contributed by atoms with E-state index in [0.717, 1.165) is 5.92 Å². The molecule has 2 atom stereocenters. The largest absolute Gasteiger partial charge is 0.359 e. The molecular weight excluding hydrogens is 278 g/mol. The van der Waals surface area contributed by atoms with E-state index in [9.17, 15) is 0 Å². The summed E-state index contributed by atoms with van der Waals surface area (Å²) in [5.41, 5.74) is 0.379. The summed E-state index contributed by atoms with van der Waals surface area (Å²) in [4.78, 5) is 7.64. The average Bonchev–Trinajstić information content (AvgIpc) is 2.83. The number of nitrogens with zero attached hydrogens (tertiary/aromatic N) is 2. The topological polar surface area (TPSA) is 27.6 Å². The second-order valence-corrected chi connectivity index (χ2v) is 8.37. The van der Waals surface area contributed by atoms with Crippen LogP contribution in [0.2, 0.25) is 0 Å². The van der Waals surface area contributed by atoms with Crippen LogP contribution in [0.15, 0.2) is 4.99 Å². The summed E-state index contributed by atoms with van der Waals surface area (Å²) in [6, 6.07) is 0.560. The molecule has 1 saturated carbocycles. The highest BCUT2D eigenvalue weighted by molar-refractivity contribution is 8.14. The Balaban J connectivity index is 1.52. The first-order chi connectivity index (χ1) is 10.2. The molecule has 0 aromatic heterocycles. The molecular formula is C17H31N3S. The van der Waals surface area contributed by atoms with Crippen molar-refractivity contribution in [1.82, 2.24) is 10.2 Å². The van der Waals surface area contributed by atoms with Gasteiger partial charge in [-0.15, -0.1) is 0 Å². The molecule has 0 aromatic carbocycles. The van der Waals surface area contributed by atoms with Crippen LogP contribution in [-0.2, 0) is 0 Å². The Morgan fingerprint density at radius 1 is 1.33 bits per heavy atom. The van der Waals surface area contributed by atoms with Crippen molar-refractivity contribution in [3.05, 3.63) is 0 Å². The molecule has 3 aliphatic rings. The van der Waals surface area contributed by atoms with Crippen molar-refractivity contribution in [2.24, 2.45) is 10.9 Å². The van der Waals surface area contributed by atoms with Crippen LogP contribution >= 0.6 is 11.8 Å². The molecule has 0 bridgehead atoms. The Labute approximate surface area is 134 Å². The quantitative estimate of drug-likeness (QED) is 0.864. The van der Waals surface area contributed by atoms with Crippen LogP contribution in [0, 0.1) is 5.92 Å². The minimum atomic E-state index is 0.379. The van der Waals surface area contributed by atoms with Gasteiger partial charge in [0.15, 0.2) is 5.17 Å². The third-order valence-corrected chi connectivity index (χ3v) is 6.52. The monoisotopic (exact) mass is 309 g/mol. The van der Waals surface area contributed by atoms with Gasteiger partial charge in [0.05, 0.1) is 6.04 Å². The van der Waals surface area contributed by atoms with Crippen LogP contribution in [0.25, 0.3) is 0 Å². The van der Waals surface area contributed by atoms with Gasteiger partial charge in [-0.3, -0.25) is 4.99 Å². The normalized spacial score (nSPS) is 37.2.